The molecule has 1 aliphatic rings. The minimum Gasteiger partial charge on any atom is -0.385 e. The fourth-order valence-corrected chi connectivity index (χ4v) is 2.43. The minimum absolute atomic E-state index is 0.735. The zero-order valence-electron chi connectivity index (χ0n) is 11.9. The number of aryl methyl sites for hydroxylation is 1. The molecule has 0 saturated heterocycles. The van der Waals surface area contributed by atoms with Crippen LogP contribution in [-0.2, 0) is 15.9 Å². The summed E-state index contributed by atoms with van der Waals surface area (Å²) < 4.78 is 10.4. The van der Waals surface area contributed by atoms with E-state index in [9.17, 15) is 0 Å². The number of anilines is 2. The number of ether oxygens (including phenoxy) is 2. The van der Waals surface area contributed by atoms with E-state index >= 15 is 0 Å². The van der Waals surface area contributed by atoms with Crippen molar-refractivity contribution < 1.29 is 9.47 Å². The topological polar surface area (TPSA) is 33.7 Å². The van der Waals surface area contributed by atoms with Crippen LogP contribution in [-0.4, -0.2) is 47.1 Å². The van der Waals surface area contributed by atoms with E-state index in [2.05, 4.69) is 28.4 Å². The highest BCUT2D eigenvalue weighted by molar-refractivity contribution is 5.61. The van der Waals surface area contributed by atoms with Crippen molar-refractivity contribution in [1.82, 2.24) is 0 Å². The molecule has 1 aliphatic heterocycles. The van der Waals surface area contributed by atoms with Gasteiger partial charge in [0.25, 0.3) is 0 Å². The quantitative estimate of drug-likeness (QED) is 0.818. The zero-order valence-corrected chi connectivity index (χ0v) is 11.9. The zero-order chi connectivity index (χ0) is 13.5. The summed E-state index contributed by atoms with van der Waals surface area (Å²) in [7, 11) is 3.48. The second-order valence-electron chi connectivity index (χ2n) is 4.84. The Kier molecular flexibility index (Phi) is 5.48. The normalized spacial score (nSPS) is 13.8. The highest BCUT2D eigenvalue weighted by Gasteiger charge is 2.12. The highest BCUT2D eigenvalue weighted by atomic mass is 16.5. The van der Waals surface area contributed by atoms with Crippen LogP contribution in [0.4, 0.5) is 11.4 Å². The van der Waals surface area contributed by atoms with Gasteiger partial charge in [-0.3, -0.25) is 0 Å². The lowest BCUT2D eigenvalue weighted by Crippen LogP contribution is -2.30. The first kappa shape index (κ1) is 14.2. The molecule has 0 atom stereocenters. The van der Waals surface area contributed by atoms with Gasteiger partial charge in [0.1, 0.15) is 0 Å². The molecule has 0 amide bonds. The van der Waals surface area contributed by atoms with Crippen LogP contribution in [0.3, 0.4) is 0 Å². The maximum absolute atomic E-state index is 5.19. The second kappa shape index (κ2) is 7.36. The minimum atomic E-state index is 0.735. The van der Waals surface area contributed by atoms with E-state index in [4.69, 9.17) is 9.47 Å². The van der Waals surface area contributed by atoms with Crippen LogP contribution in [0.1, 0.15) is 12.0 Å². The molecular formula is C15H24N2O2. The Labute approximate surface area is 115 Å². The van der Waals surface area contributed by atoms with Crippen molar-refractivity contribution in [2.75, 3.05) is 57.3 Å². The van der Waals surface area contributed by atoms with Crippen molar-refractivity contribution >= 4 is 11.4 Å². The van der Waals surface area contributed by atoms with Gasteiger partial charge in [0.15, 0.2) is 0 Å². The predicted molar refractivity (Wildman–Crippen MR) is 79.2 cm³/mol. The lowest BCUT2D eigenvalue weighted by atomic mass is 10.0. The summed E-state index contributed by atoms with van der Waals surface area (Å²) in [5, 5.41) is 3.45. The first-order valence-corrected chi connectivity index (χ1v) is 6.95. The second-order valence-corrected chi connectivity index (χ2v) is 4.84. The molecule has 106 valence electrons. The van der Waals surface area contributed by atoms with Gasteiger partial charge in [0.05, 0.1) is 13.2 Å². The molecule has 0 fully saturated rings. The fourth-order valence-electron chi connectivity index (χ4n) is 2.43. The SMILES string of the molecule is COCCN(CCOC)c1ccc2c(c1)CCCN2. The van der Waals surface area contributed by atoms with Crippen LogP contribution in [0.2, 0.25) is 0 Å². The van der Waals surface area contributed by atoms with Crippen molar-refractivity contribution in [3.8, 4) is 0 Å². The van der Waals surface area contributed by atoms with Crippen molar-refractivity contribution in [2.45, 2.75) is 12.8 Å². The summed E-state index contributed by atoms with van der Waals surface area (Å²) in [5.41, 5.74) is 3.97. The van der Waals surface area contributed by atoms with E-state index in [0.29, 0.717) is 0 Å². The average Bonchev–Trinajstić information content (AvgIpc) is 2.47. The highest BCUT2D eigenvalue weighted by Crippen LogP contribution is 2.27. The number of hydrogen-bond acceptors (Lipinski definition) is 4. The molecule has 1 heterocycles. The van der Waals surface area contributed by atoms with Gasteiger partial charge in [0, 0.05) is 45.2 Å². The maximum atomic E-state index is 5.19. The number of rotatable bonds is 7. The van der Waals surface area contributed by atoms with Crippen LogP contribution in [0.25, 0.3) is 0 Å². The van der Waals surface area contributed by atoms with Crippen molar-refractivity contribution in [3.63, 3.8) is 0 Å². The van der Waals surface area contributed by atoms with Crippen molar-refractivity contribution in [2.24, 2.45) is 0 Å². The Hall–Kier alpha value is -1.26. The largest absolute Gasteiger partial charge is 0.385 e. The molecule has 0 unspecified atom stereocenters. The molecule has 1 aromatic carbocycles. The molecule has 0 aromatic heterocycles. The molecule has 0 aliphatic carbocycles. The molecule has 0 radical (unpaired) electrons. The van der Waals surface area contributed by atoms with Crippen molar-refractivity contribution in [1.29, 1.82) is 0 Å². The number of nitrogens with one attached hydrogen (secondary N) is 1. The Morgan fingerprint density at radius 3 is 2.58 bits per heavy atom. The number of hydrogen-bond donors (Lipinski definition) is 1. The van der Waals surface area contributed by atoms with Crippen LogP contribution in [0.5, 0.6) is 0 Å². The summed E-state index contributed by atoms with van der Waals surface area (Å²) in [6.07, 6.45) is 2.38. The van der Waals surface area contributed by atoms with Crippen LogP contribution < -0.4 is 10.2 Å². The predicted octanol–water partition coefficient (Wildman–Crippen LogP) is 2.14. The number of benzene rings is 1. The molecule has 1 N–H and O–H groups in total. The van der Waals surface area contributed by atoms with Gasteiger partial charge in [-0.15, -0.1) is 0 Å². The lowest BCUT2D eigenvalue weighted by molar-refractivity contribution is 0.190. The molecule has 1 aromatic rings. The lowest BCUT2D eigenvalue weighted by Gasteiger charge is -2.26. The third-order valence-electron chi connectivity index (χ3n) is 3.52. The molecule has 0 bridgehead atoms. The molecule has 4 heteroatoms. The van der Waals surface area contributed by atoms with E-state index < -0.39 is 0 Å². The van der Waals surface area contributed by atoms with Crippen LogP contribution >= 0.6 is 0 Å². The summed E-state index contributed by atoms with van der Waals surface area (Å²) in [4.78, 5) is 2.32. The number of nitrogens with zero attached hydrogens (tertiary/aromatic N) is 1. The van der Waals surface area contributed by atoms with Crippen LogP contribution in [0.15, 0.2) is 18.2 Å². The fraction of sp³-hybridized carbons (Fsp3) is 0.600. The number of fused-ring (bicyclic) bond motifs is 1. The first-order chi connectivity index (χ1) is 9.35. The van der Waals surface area contributed by atoms with Gasteiger partial charge in [-0.25, -0.2) is 0 Å². The van der Waals surface area contributed by atoms with E-state index in [1.165, 1.54) is 29.8 Å². The summed E-state index contributed by atoms with van der Waals surface area (Å²) in [5.74, 6) is 0. The maximum Gasteiger partial charge on any atom is 0.0637 e. The van der Waals surface area contributed by atoms with Crippen molar-refractivity contribution in [3.05, 3.63) is 23.8 Å². The summed E-state index contributed by atoms with van der Waals surface area (Å²) in [6, 6.07) is 6.67. The third kappa shape index (κ3) is 3.85. The third-order valence-corrected chi connectivity index (χ3v) is 3.52. The number of methoxy groups -OCH3 is 2. The Morgan fingerprint density at radius 1 is 1.16 bits per heavy atom. The first-order valence-electron chi connectivity index (χ1n) is 6.95. The molecular weight excluding hydrogens is 240 g/mol. The van der Waals surface area contributed by atoms with E-state index in [1.54, 1.807) is 14.2 Å². The molecule has 0 spiro atoms. The molecule has 2 rings (SSSR count). The molecule has 19 heavy (non-hydrogen) atoms. The Bertz CT molecular complexity index is 388. The van der Waals surface area contributed by atoms with E-state index in [0.717, 1.165) is 32.8 Å². The summed E-state index contributed by atoms with van der Waals surface area (Å²) >= 11 is 0. The van der Waals surface area contributed by atoms with Gasteiger partial charge in [0.2, 0.25) is 0 Å². The standard InChI is InChI=1S/C15H24N2O2/c1-18-10-8-17(9-11-19-2)14-5-6-15-13(12-14)4-3-7-16-15/h5-6,12,16H,3-4,7-11H2,1-2H3. The Morgan fingerprint density at radius 2 is 1.89 bits per heavy atom. The molecule has 4 nitrogen and oxygen atoms in total. The molecule has 0 saturated carbocycles. The summed E-state index contributed by atoms with van der Waals surface area (Å²) in [6.45, 7) is 4.35. The van der Waals surface area contributed by atoms with E-state index in [1.807, 2.05) is 0 Å². The van der Waals surface area contributed by atoms with Gasteiger partial charge in [-0.2, -0.15) is 0 Å². The van der Waals surface area contributed by atoms with E-state index in [-0.39, 0.29) is 0 Å². The van der Waals surface area contributed by atoms with Gasteiger partial charge < -0.3 is 19.7 Å². The smallest absolute Gasteiger partial charge is 0.0637 e. The van der Waals surface area contributed by atoms with Gasteiger partial charge in [-0.05, 0) is 36.6 Å². The Balaban J connectivity index is 2.10. The van der Waals surface area contributed by atoms with Gasteiger partial charge in [-0.1, -0.05) is 0 Å². The van der Waals surface area contributed by atoms with Gasteiger partial charge >= 0.3 is 0 Å². The van der Waals surface area contributed by atoms with Crippen LogP contribution in [0, 0.1) is 0 Å². The average molecular weight is 264 g/mol. The monoisotopic (exact) mass is 264 g/mol.